The van der Waals surface area contributed by atoms with Gasteiger partial charge < -0.3 is 19.8 Å². The summed E-state index contributed by atoms with van der Waals surface area (Å²) in [4.78, 5) is 19.4. The molecule has 0 spiro atoms. The summed E-state index contributed by atoms with van der Waals surface area (Å²) >= 11 is 0. The van der Waals surface area contributed by atoms with Crippen LogP contribution in [0.3, 0.4) is 0 Å². The maximum Gasteiger partial charge on any atom is 2.00 e. The number of rotatable bonds is 2. The molecule has 0 aromatic heterocycles. The average Bonchev–Trinajstić information content (AvgIpc) is 1.63. The third kappa shape index (κ3) is 6.37. The van der Waals surface area contributed by atoms with Crippen LogP contribution in [0.15, 0.2) is 11.6 Å². The van der Waals surface area contributed by atoms with Gasteiger partial charge in [-0.1, -0.05) is 0 Å². The molecule has 0 aromatic rings. The van der Waals surface area contributed by atoms with E-state index in [9.17, 15) is 19.8 Å². The van der Waals surface area contributed by atoms with Crippen molar-refractivity contribution in [2.45, 2.75) is 6.92 Å². The number of aliphatic carboxylic acids is 2. The Bertz CT molecular complexity index is 172. The van der Waals surface area contributed by atoms with Crippen molar-refractivity contribution in [3.63, 3.8) is 0 Å². The Kier molecular flexibility index (Phi) is 7.72. The topological polar surface area (TPSA) is 80.3 Å². The number of carbonyl (C=O) groups excluding carboxylic acids is 2. The minimum atomic E-state index is -1.53. The van der Waals surface area contributed by atoms with Gasteiger partial charge in [-0.2, -0.15) is 0 Å². The first-order chi connectivity index (χ1) is 4.04. The molecule has 0 rings (SSSR count). The maximum absolute atomic E-state index is 9.76. The molecular weight excluding hydrogens is 261 g/mol. The third-order valence-electron chi connectivity index (χ3n) is 0.656. The molecule has 0 atom stereocenters. The zero-order valence-corrected chi connectivity index (χ0v) is 9.86. The number of hydrogen-bond donors (Lipinski definition) is 0. The Morgan fingerprint density at radius 1 is 1.30 bits per heavy atom. The second-order valence-corrected chi connectivity index (χ2v) is 1.43. The van der Waals surface area contributed by atoms with E-state index in [1.54, 1.807) is 0 Å². The van der Waals surface area contributed by atoms with Gasteiger partial charge in [0.05, 0.1) is 11.9 Å². The molecule has 0 aliphatic rings. The van der Waals surface area contributed by atoms with Crippen molar-refractivity contribution in [3.8, 4) is 0 Å². The number of carboxylic acid groups (broad SMARTS) is 2. The Hall–Kier alpha value is 0.251. The van der Waals surface area contributed by atoms with E-state index in [0.717, 1.165) is 6.92 Å². The third-order valence-corrected chi connectivity index (χ3v) is 0.656. The van der Waals surface area contributed by atoms with Gasteiger partial charge in [0.15, 0.2) is 0 Å². The van der Waals surface area contributed by atoms with Crippen molar-refractivity contribution in [3.05, 3.63) is 11.6 Å². The summed E-state index contributed by atoms with van der Waals surface area (Å²) in [6.45, 7) is 1.12. The molecule has 0 aromatic carbocycles. The van der Waals surface area contributed by atoms with Gasteiger partial charge in [0.1, 0.15) is 0 Å². The molecule has 0 aliphatic carbocycles. The van der Waals surface area contributed by atoms with Crippen LogP contribution in [0.2, 0.25) is 0 Å². The zero-order chi connectivity index (χ0) is 7.44. The van der Waals surface area contributed by atoms with Crippen LogP contribution < -0.4 is 10.2 Å². The molecule has 0 N–H and O–H groups in total. The summed E-state index contributed by atoms with van der Waals surface area (Å²) in [7, 11) is 0. The SMILES string of the molecule is C/C(=C\C(=O)[O-])C(=O)[O-].[Ba+2]. The summed E-state index contributed by atoms with van der Waals surface area (Å²) in [6.07, 6.45) is 0.468. The molecule has 10 heavy (non-hydrogen) atoms. The second-order valence-electron chi connectivity index (χ2n) is 1.43. The zero-order valence-electron chi connectivity index (χ0n) is 5.42. The van der Waals surface area contributed by atoms with Crippen LogP contribution in [0.25, 0.3) is 0 Å². The fourth-order valence-corrected chi connectivity index (χ4v) is 0.236. The van der Waals surface area contributed by atoms with E-state index in [-0.39, 0.29) is 54.5 Å². The van der Waals surface area contributed by atoms with Crippen molar-refractivity contribution in [1.82, 2.24) is 0 Å². The van der Waals surface area contributed by atoms with Gasteiger partial charge in [-0.15, -0.1) is 0 Å². The molecule has 0 aliphatic heterocycles. The molecular formula is C5H4BaO4. The van der Waals surface area contributed by atoms with E-state index in [1.165, 1.54) is 0 Å². The van der Waals surface area contributed by atoms with Crippen LogP contribution in [0, 0.1) is 0 Å². The van der Waals surface area contributed by atoms with E-state index in [2.05, 4.69) is 0 Å². The van der Waals surface area contributed by atoms with E-state index >= 15 is 0 Å². The summed E-state index contributed by atoms with van der Waals surface area (Å²) < 4.78 is 0. The minimum Gasteiger partial charge on any atom is -0.545 e. The quantitative estimate of drug-likeness (QED) is 0.395. The van der Waals surface area contributed by atoms with Crippen LogP contribution in [-0.4, -0.2) is 60.8 Å². The predicted octanol–water partition coefficient (Wildman–Crippen LogP) is -2.95. The molecule has 4 nitrogen and oxygen atoms in total. The van der Waals surface area contributed by atoms with Crippen molar-refractivity contribution >= 4 is 60.8 Å². The van der Waals surface area contributed by atoms with Crippen LogP contribution in [0.1, 0.15) is 6.92 Å². The van der Waals surface area contributed by atoms with Gasteiger partial charge in [0.25, 0.3) is 0 Å². The average molecular weight is 265 g/mol. The first kappa shape index (κ1) is 12.9. The Labute approximate surface area is 98.0 Å². The molecule has 0 saturated heterocycles. The van der Waals surface area contributed by atoms with Gasteiger partial charge in [-0.05, 0) is 18.6 Å². The number of hydrogen-bond acceptors (Lipinski definition) is 4. The monoisotopic (exact) mass is 266 g/mol. The van der Waals surface area contributed by atoms with Crippen LogP contribution >= 0.6 is 0 Å². The van der Waals surface area contributed by atoms with Crippen molar-refractivity contribution in [1.29, 1.82) is 0 Å². The van der Waals surface area contributed by atoms with Crippen molar-refractivity contribution < 1.29 is 19.8 Å². The minimum absolute atomic E-state index is 0. The summed E-state index contributed by atoms with van der Waals surface area (Å²) in [5.74, 6) is -3.03. The van der Waals surface area contributed by atoms with Crippen LogP contribution in [-0.2, 0) is 9.59 Å². The standard InChI is InChI=1S/C5H6O4.Ba/c1-3(5(8)9)2-4(6)7;/h2H,1H3,(H,6,7)(H,8,9);/q;+2/p-2/b3-2+;. The Morgan fingerprint density at radius 2 is 1.70 bits per heavy atom. The van der Waals surface area contributed by atoms with E-state index in [1.807, 2.05) is 0 Å². The Morgan fingerprint density at radius 3 is 1.80 bits per heavy atom. The van der Waals surface area contributed by atoms with Crippen molar-refractivity contribution in [2.75, 3.05) is 0 Å². The van der Waals surface area contributed by atoms with Crippen molar-refractivity contribution in [2.24, 2.45) is 0 Å². The molecule has 0 heterocycles. The largest absolute Gasteiger partial charge is 2.00 e. The molecule has 50 valence electrons. The molecule has 0 amide bonds. The second kappa shape index (κ2) is 5.99. The van der Waals surface area contributed by atoms with Gasteiger partial charge in [-0.25, -0.2) is 0 Å². The van der Waals surface area contributed by atoms with Crippen LogP contribution in [0.5, 0.6) is 0 Å². The summed E-state index contributed by atoms with van der Waals surface area (Å²) in [6, 6.07) is 0. The molecule has 5 heteroatoms. The van der Waals surface area contributed by atoms with Gasteiger partial charge in [0, 0.05) is 0 Å². The molecule has 0 radical (unpaired) electrons. The molecule has 0 bridgehead atoms. The summed E-state index contributed by atoms with van der Waals surface area (Å²) in [5, 5.41) is 19.4. The fraction of sp³-hybridized carbons (Fsp3) is 0.200. The van der Waals surface area contributed by atoms with E-state index < -0.39 is 11.9 Å². The van der Waals surface area contributed by atoms with Crippen LogP contribution in [0.4, 0.5) is 0 Å². The number of carboxylic acids is 2. The predicted molar refractivity (Wildman–Crippen MR) is 29.5 cm³/mol. The van der Waals surface area contributed by atoms with Gasteiger partial charge >= 0.3 is 48.9 Å². The molecule has 0 unspecified atom stereocenters. The first-order valence-corrected chi connectivity index (χ1v) is 2.14. The smallest absolute Gasteiger partial charge is 0.545 e. The fourth-order valence-electron chi connectivity index (χ4n) is 0.236. The first-order valence-electron chi connectivity index (χ1n) is 2.14. The van der Waals surface area contributed by atoms with E-state index in [0.29, 0.717) is 6.08 Å². The maximum atomic E-state index is 9.76. The molecule has 0 fully saturated rings. The van der Waals surface area contributed by atoms with E-state index in [4.69, 9.17) is 0 Å². The van der Waals surface area contributed by atoms with Gasteiger partial charge in [-0.3, -0.25) is 0 Å². The number of carbonyl (C=O) groups is 2. The Balaban J connectivity index is 0. The molecule has 0 saturated carbocycles. The normalized spacial score (nSPS) is 9.90. The summed E-state index contributed by atoms with van der Waals surface area (Å²) in [5.41, 5.74) is -0.352. The van der Waals surface area contributed by atoms with Gasteiger partial charge in [0.2, 0.25) is 0 Å².